The SMILES string of the molecule is CCOC(=O)N(C)C(C)Cc1cccs1. The minimum absolute atomic E-state index is 0.169. The first-order valence-electron chi connectivity index (χ1n) is 5.07. The Morgan fingerprint density at radius 1 is 1.67 bits per heavy atom. The van der Waals surface area contributed by atoms with Crippen LogP contribution in [0.2, 0.25) is 0 Å². The molecule has 1 aromatic heterocycles. The first-order chi connectivity index (χ1) is 7.15. The molecule has 0 saturated carbocycles. The molecule has 0 bridgehead atoms. The van der Waals surface area contributed by atoms with Crippen molar-refractivity contribution in [2.75, 3.05) is 13.7 Å². The van der Waals surface area contributed by atoms with Crippen molar-refractivity contribution in [2.24, 2.45) is 0 Å². The summed E-state index contributed by atoms with van der Waals surface area (Å²) >= 11 is 1.71. The Hall–Kier alpha value is -1.03. The smallest absolute Gasteiger partial charge is 0.409 e. The fourth-order valence-electron chi connectivity index (χ4n) is 1.26. The van der Waals surface area contributed by atoms with E-state index in [9.17, 15) is 4.79 Å². The molecule has 1 aromatic rings. The molecule has 1 heterocycles. The van der Waals surface area contributed by atoms with Crippen LogP contribution >= 0.6 is 11.3 Å². The van der Waals surface area contributed by atoms with E-state index in [4.69, 9.17) is 4.74 Å². The number of hydrogen-bond acceptors (Lipinski definition) is 3. The van der Waals surface area contributed by atoms with Crippen molar-refractivity contribution in [2.45, 2.75) is 26.3 Å². The summed E-state index contributed by atoms with van der Waals surface area (Å²) in [6.45, 7) is 4.27. The van der Waals surface area contributed by atoms with Crippen molar-refractivity contribution >= 4 is 17.4 Å². The lowest BCUT2D eigenvalue weighted by atomic mass is 10.2. The zero-order chi connectivity index (χ0) is 11.3. The van der Waals surface area contributed by atoms with Crippen LogP contribution in [-0.4, -0.2) is 30.7 Å². The lowest BCUT2D eigenvalue weighted by Gasteiger charge is -2.23. The number of thiophene rings is 1. The van der Waals surface area contributed by atoms with Crippen LogP contribution in [0.1, 0.15) is 18.7 Å². The van der Waals surface area contributed by atoms with Crippen molar-refractivity contribution in [3.63, 3.8) is 0 Å². The van der Waals surface area contributed by atoms with Gasteiger partial charge in [-0.1, -0.05) is 6.07 Å². The number of rotatable bonds is 4. The first-order valence-corrected chi connectivity index (χ1v) is 5.95. The maximum atomic E-state index is 11.4. The Balaban J connectivity index is 2.46. The lowest BCUT2D eigenvalue weighted by molar-refractivity contribution is 0.104. The van der Waals surface area contributed by atoms with Gasteiger partial charge in [0.2, 0.25) is 0 Å². The van der Waals surface area contributed by atoms with E-state index < -0.39 is 0 Å². The van der Waals surface area contributed by atoms with Crippen LogP contribution in [0.25, 0.3) is 0 Å². The zero-order valence-corrected chi connectivity index (χ0v) is 10.2. The van der Waals surface area contributed by atoms with Crippen LogP contribution in [-0.2, 0) is 11.2 Å². The van der Waals surface area contributed by atoms with E-state index in [2.05, 4.69) is 6.07 Å². The normalized spacial score (nSPS) is 12.2. The van der Waals surface area contributed by atoms with Crippen LogP contribution in [0.15, 0.2) is 17.5 Å². The highest BCUT2D eigenvalue weighted by Crippen LogP contribution is 2.13. The second-order valence-corrected chi connectivity index (χ2v) is 4.47. The van der Waals surface area contributed by atoms with Crippen LogP contribution in [0.3, 0.4) is 0 Å². The summed E-state index contributed by atoms with van der Waals surface area (Å²) in [6.07, 6.45) is 0.633. The molecule has 0 fully saturated rings. The van der Waals surface area contributed by atoms with E-state index >= 15 is 0 Å². The summed E-state index contributed by atoms with van der Waals surface area (Å²) in [6, 6.07) is 4.28. The molecule has 4 heteroatoms. The van der Waals surface area contributed by atoms with Crippen molar-refractivity contribution in [3.05, 3.63) is 22.4 Å². The van der Waals surface area contributed by atoms with Gasteiger partial charge in [-0.3, -0.25) is 0 Å². The van der Waals surface area contributed by atoms with E-state index in [1.165, 1.54) is 4.88 Å². The summed E-state index contributed by atoms with van der Waals surface area (Å²) in [4.78, 5) is 14.4. The topological polar surface area (TPSA) is 29.5 Å². The predicted molar refractivity (Wildman–Crippen MR) is 62.3 cm³/mol. The summed E-state index contributed by atoms with van der Waals surface area (Å²) < 4.78 is 4.93. The van der Waals surface area contributed by atoms with Gasteiger partial charge in [0.25, 0.3) is 0 Å². The predicted octanol–water partition coefficient (Wildman–Crippen LogP) is 2.77. The Bertz CT molecular complexity index is 298. The fourth-order valence-corrected chi connectivity index (χ4v) is 2.09. The molecule has 3 nitrogen and oxygen atoms in total. The fraction of sp³-hybridized carbons (Fsp3) is 0.545. The molecular formula is C11H17NO2S. The third-order valence-electron chi connectivity index (χ3n) is 2.29. The highest BCUT2D eigenvalue weighted by atomic mass is 32.1. The van der Waals surface area contributed by atoms with E-state index in [1.54, 1.807) is 23.3 Å². The molecule has 0 aliphatic heterocycles. The molecule has 0 spiro atoms. The third kappa shape index (κ3) is 3.55. The number of carbonyl (C=O) groups excluding carboxylic acids is 1. The minimum Gasteiger partial charge on any atom is -0.450 e. The summed E-state index contributed by atoms with van der Waals surface area (Å²) in [7, 11) is 1.77. The van der Waals surface area contributed by atoms with Crippen molar-refractivity contribution in [1.29, 1.82) is 0 Å². The first kappa shape index (κ1) is 12.0. The number of amides is 1. The van der Waals surface area contributed by atoms with Gasteiger partial charge in [-0.2, -0.15) is 0 Å². The zero-order valence-electron chi connectivity index (χ0n) is 9.40. The van der Waals surface area contributed by atoms with Gasteiger partial charge >= 0.3 is 6.09 Å². The third-order valence-corrected chi connectivity index (χ3v) is 3.19. The number of nitrogens with zero attached hydrogens (tertiary/aromatic N) is 1. The maximum absolute atomic E-state index is 11.4. The van der Waals surface area contributed by atoms with Crippen LogP contribution in [0, 0.1) is 0 Å². The molecule has 0 N–H and O–H groups in total. The Kier molecular flexibility index (Phi) is 4.62. The van der Waals surface area contributed by atoms with Crippen LogP contribution < -0.4 is 0 Å². The number of likely N-dealkylation sites (N-methyl/N-ethyl adjacent to an activating group) is 1. The molecule has 84 valence electrons. The van der Waals surface area contributed by atoms with Gasteiger partial charge in [-0.05, 0) is 25.3 Å². The van der Waals surface area contributed by atoms with Crippen molar-refractivity contribution in [3.8, 4) is 0 Å². The highest BCUT2D eigenvalue weighted by molar-refractivity contribution is 7.09. The van der Waals surface area contributed by atoms with Gasteiger partial charge in [-0.25, -0.2) is 4.79 Å². The number of carbonyl (C=O) groups is 1. The molecule has 15 heavy (non-hydrogen) atoms. The quantitative estimate of drug-likeness (QED) is 0.791. The second-order valence-electron chi connectivity index (χ2n) is 3.44. The Labute approximate surface area is 94.7 Å². The van der Waals surface area contributed by atoms with E-state index in [1.807, 2.05) is 25.3 Å². The van der Waals surface area contributed by atoms with Gasteiger partial charge in [-0.15, -0.1) is 11.3 Å². The standard InChI is InChI=1S/C11H17NO2S/c1-4-14-11(13)12(3)9(2)8-10-6-5-7-15-10/h5-7,9H,4,8H2,1-3H3. The van der Waals surface area contributed by atoms with Gasteiger partial charge in [0.05, 0.1) is 6.61 Å². The van der Waals surface area contributed by atoms with E-state index in [-0.39, 0.29) is 12.1 Å². The number of ether oxygens (including phenoxy) is 1. The molecule has 0 radical (unpaired) electrons. The molecule has 1 unspecified atom stereocenters. The van der Waals surface area contributed by atoms with Crippen LogP contribution in [0.5, 0.6) is 0 Å². The lowest BCUT2D eigenvalue weighted by Crippen LogP contribution is -2.36. The molecular weight excluding hydrogens is 210 g/mol. The van der Waals surface area contributed by atoms with Gasteiger partial charge in [0.1, 0.15) is 0 Å². The molecule has 1 amide bonds. The van der Waals surface area contributed by atoms with E-state index in [0.29, 0.717) is 6.61 Å². The largest absolute Gasteiger partial charge is 0.450 e. The van der Waals surface area contributed by atoms with Gasteiger partial charge in [0, 0.05) is 24.4 Å². The molecule has 0 aliphatic rings. The summed E-state index contributed by atoms with van der Waals surface area (Å²) in [5.41, 5.74) is 0. The van der Waals surface area contributed by atoms with E-state index in [0.717, 1.165) is 6.42 Å². The molecule has 0 aromatic carbocycles. The molecule has 0 aliphatic carbocycles. The minimum atomic E-state index is -0.249. The Morgan fingerprint density at radius 3 is 2.93 bits per heavy atom. The highest BCUT2D eigenvalue weighted by Gasteiger charge is 2.16. The molecule has 1 rings (SSSR count). The van der Waals surface area contributed by atoms with Gasteiger partial charge in [0.15, 0.2) is 0 Å². The van der Waals surface area contributed by atoms with Gasteiger partial charge < -0.3 is 9.64 Å². The van der Waals surface area contributed by atoms with Crippen LogP contribution in [0.4, 0.5) is 4.79 Å². The summed E-state index contributed by atoms with van der Waals surface area (Å²) in [5, 5.41) is 2.05. The van der Waals surface area contributed by atoms with Crippen molar-refractivity contribution < 1.29 is 9.53 Å². The average Bonchev–Trinajstić information content (AvgIpc) is 2.69. The molecule has 0 saturated heterocycles. The second kappa shape index (κ2) is 5.75. The number of hydrogen-bond donors (Lipinski definition) is 0. The maximum Gasteiger partial charge on any atom is 0.409 e. The summed E-state index contributed by atoms with van der Waals surface area (Å²) in [5.74, 6) is 0. The Morgan fingerprint density at radius 2 is 2.40 bits per heavy atom. The van der Waals surface area contributed by atoms with Crippen molar-refractivity contribution in [1.82, 2.24) is 4.90 Å². The molecule has 1 atom stereocenters. The monoisotopic (exact) mass is 227 g/mol. The average molecular weight is 227 g/mol.